The average molecular weight is 1790 g/mol. The number of anilines is 1. The van der Waals surface area contributed by atoms with Crippen LogP contribution < -0.4 is 24.3 Å². The van der Waals surface area contributed by atoms with Crippen molar-refractivity contribution in [2.24, 2.45) is 0 Å². The van der Waals surface area contributed by atoms with Crippen molar-refractivity contribution in [2.75, 3.05) is 38.3 Å². The molecular weight excluding hydrogens is 1670 g/mol. The van der Waals surface area contributed by atoms with Gasteiger partial charge in [0.1, 0.15) is 28.6 Å². The molecule has 9 nitrogen and oxygen atoms in total. The molecule has 20 aromatic rings. The highest BCUT2D eigenvalue weighted by molar-refractivity contribution is 7.17. The molecule has 0 bridgehead atoms. The van der Waals surface area contributed by atoms with Gasteiger partial charge in [-0.25, -0.2) is 0 Å². The lowest BCUT2D eigenvalue weighted by atomic mass is 9.92. The fraction of sp³-hybridized carbons (Fsp3) is 0.197. The number of thiophene rings is 2. The monoisotopic (exact) mass is 1790 g/mol. The predicted molar refractivity (Wildman–Crippen MR) is 563 cm³/mol. The number of pyridine rings is 2. The summed E-state index contributed by atoms with van der Waals surface area (Å²) in [7, 11) is 0. The maximum absolute atomic E-state index is 5.56. The number of hydrogen-bond acceptors (Lipinski definition) is 10. The Bertz CT molecular complexity index is 5840. The van der Waals surface area contributed by atoms with Crippen molar-refractivity contribution >= 4 is 92.9 Å². The molecule has 6 aromatic heterocycles. The van der Waals surface area contributed by atoms with Gasteiger partial charge in [-0.2, -0.15) is 0 Å². The third-order valence-corrected chi connectivity index (χ3v) is 25.5. The van der Waals surface area contributed by atoms with E-state index in [1.807, 2.05) is 194 Å². The van der Waals surface area contributed by atoms with Crippen LogP contribution in [0, 0.1) is 0 Å². The number of nitrogens with one attached hydrogen (secondary N) is 2. The minimum absolute atomic E-state index is 0. The third kappa shape index (κ3) is 29.7. The standard InChI is InChI=1S/C11H9NO.C10H12.C10H8.C9H11N.C9H7N.2C9H10O.C9H10.C8H7N.C8H8O.C8H6O.C8H6S.C7H8S.C6H6.CH4/c1-2-9-11-8(4-6-12-9)5-7-13-10(11)3-1;2*1-2-6-10-8-4-3-7-9(10)5-1;4*1-2-6-9-8(4-1)5-3-7-10-9;1-2-5-9-7-3-6-8(9)4-1;4*1-2-4-8-7(3-1)5-6-9-8;1-2-6-4-5-8-7(6)3-1;1-2-4-6-5-3-1;/h1-4,6H,5,7H2;1-2,5-6H,3-4,7-8H2;1-8H;1-2,4,6,10H,3,5,7H2;1-7H;2*1-2,4,6H,3,5,7H2;1-2,4-5H,3,6-7H2;1-6,9H;1-4H,5-6H2;2*1-6H;4-5H,1-3H2;1-6H;1H4. The first kappa shape index (κ1) is 95.0. The van der Waals surface area contributed by atoms with Crippen molar-refractivity contribution in [1.29, 1.82) is 0 Å². The number of fused-ring (bicyclic) bond motifs is 12. The van der Waals surface area contributed by atoms with Crippen LogP contribution in [0.1, 0.15) is 113 Å². The van der Waals surface area contributed by atoms with Gasteiger partial charge in [0.05, 0.1) is 43.7 Å². The Morgan fingerprint density at radius 2 is 0.699 bits per heavy atom. The van der Waals surface area contributed by atoms with Gasteiger partial charge in [-0.3, -0.25) is 9.97 Å². The van der Waals surface area contributed by atoms with Gasteiger partial charge in [-0.1, -0.05) is 299 Å². The molecule has 672 valence electrons. The minimum atomic E-state index is 0. The number of hydrogen-bond donors (Lipinski definition) is 2. The molecule has 0 amide bonds. The van der Waals surface area contributed by atoms with Crippen molar-refractivity contribution in [3.8, 4) is 23.0 Å². The van der Waals surface area contributed by atoms with Crippen LogP contribution in [0.5, 0.6) is 23.0 Å². The Labute approximate surface area is 794 Å². The Kier molecular flexibility index (Phi) is 38.1. The molecule has 3 aliphatic carbocycles. The molecule has 0 atom stereocenters. The fourth-order valence-corrected chi connectivity index (χ4v) is 18.5. The summed E-state index contributed by atoms with van der Waals surface area (Å²) in [6.07, 6.45) is 30.0. The lowest BCUT2D eigenvalue weighted by Crippen LogP contribution is -2.10. The molecule has 8 aliphatic rings. The van der Waals surface area contributed by atoms with E-state index >= 15 is 0 Å². The van der Waals surface area contributed by atoms with Gasteiger partial charge in [-0.15, -0.1) is 22.7 Å². The van der Waals surface area contributed by atoms with E-state index in [0.717, 1.165) is 104 Å². The summed E-state index contributed by atoms with van der Waals surface area (Å²) >= 11 is 3.70. The zero-order valence-electron chi connectivity index (χ0n) is 75.4. The molecule has 14 aromatic carbocycles. The van der Waals surface area contributed by atoms with Crippen molar-refractivity contribution in [1.82, 2.24) is 15.0 Å². The summed E-state index contributed by atoms with van der Waals surface area (Å²) in [5.41, 5.74) is 20.4. The molecule has 11 heterocycles. The summed E-state index contributed by atoms with van der Waals surface area (Å²) in [5.74, 6) is 4.20. The minimum Gasteiger partial charge on any atom is -0.493 e. The van der Waals surface area contributed by atoms with Crippen LogP contribution in [0.15, 0.2) is 428 Å². The molecule has 11 heteroatoms. The number of rotatable bonds is 0. The normalized spacial score (nSPS) is 13.1. The summed E-state index contributed by atoms with van der Waals surface area (Å²) in [6, 6.07) is 133. The second kappa shape index (κ2) is 53.3. The highest BCUT2D eigenvalue weighted by Crippen LogP contribution is 2.33. The van der Waals surface area contributed by atoms with Crippen molar-refractivity contribution in [2.45, 2.75) is 123 Å². The molecule has 133 heavy (non-hydrogen) atoms. The van der Waals surface area contributed by atoms with Gasteiger partial charge < -0.3 is 33.7 Å². The highest BCUT2D eigenvalue weighted by Gasteiger charge is 2.16. The first-order valence-electron chi connectivity index (χ1n) is 46.8. The first-order valence-corrected chi connectivity index (χ1v) is 48.5. The van der Waals surface area contributed by atoms with Gasteiger partial charge >= 0.3 is 0 Å². The molecule has 0 spiro atoms. The van der Waals surface area contributed by atoms with Gasteiger partial charge in [0.15, 0.2) is 0 Å². The largest absolute Gasteiger partial charge is 0.493 e. The van der Waals surface area contributed by atoms with E-state index in [2.05, 4.69) is 255 Å². The number of ether oxygens (including phenoxy) is 4. The molecule has 0 saturated carbocycles. The van der Waals surface area contributed by atoms with Gasteiger partial charge in [0.25, 0.3) is 0 Å². The van der Waals surface area contributed by atoms with E-state index in [1.54, 1.807) is 50.3 Å². The lowest BCUT2D eigenvalue weighted by molar-refractivity contribution is 0.288. The summed E-state index contributed by atoms with van der Waals surface area (Å²) in [5, 5.41) is 16.5. The molecule has 0 saturated heterocycles. The van der Waals surface area contributed by atoms with Crippen molar-refractivity contribution in [3.63, 3.8) is 0 Å². The molecule has 0 radical (unpaired) electrons. The van der Waals surface area contributed by atoms with E-state index in [1.165, 1.54) is 166 Å². The molecule has 2 N–H and O–H groups in total. The van der Waals surface area contributed by atoms with Crippen LogP contribution in [-0.4, -0.2) is 47.9 Å². The maximum atomic E-state index is 5.56. The second-order valence-electron chi connectivity index (χ2n) is 32.7. The summed E-state index contributed by atoms with van der Waals surface area (Å²) in [6.45, 7) is 4.56. The molecule has 0 unspecified atom stereocenters. The number of nitrogens with zero attached hydrogens (tertiary/aromatic N) is 2. The van der Waals surface area contributed by atoms with Crippen molar-refractivity contribution < 1.29 is 23.4 Å². The van der Waals surface area contributed by atoms with Crippen LogP contribution in [0.2, 0.25) is 0 Å². The predicted octanol–water partition coefficient (Wildman–Crippen LogP) is 31.7. The van der Waals surface area contributed by atoms with E-state index < -0.39 is 0 Å². The molecule has 5 aliphatic heterocycles. The zero-order valence-corrected chi connectivity index (χ0v) is 77.1. The van der Waals surface area contributed by atoms with Crippen LogP contribution in [-0.2, 0) is 70.6 Å². The van der Waals surface area contributed by atoms with E-state index in [-0.39, 0.29) is 7.43 Å². The van der Waals surface area contributed by atoms with Gasteiger partial charge in [0, 0.05) is 74.9 Å². The number of H-pyrrole nitrogens is 1. The van der Waals surface area contributed by atoms with Gasteiger partial charge in [0.2, 0.25) is 0 Å². The lowest BCUT2D eigenvalue weighted by Gasteiger charge is -2.17. The van der Waals surface area contributed by atoms with Crippen LogP contribution in [0.3, 0.4) is 0 Å². The van der Waals surface area contributed by atoms with Gasteiger partial charge in [-0.05, 0) is 288 Å². The number of aromatic nitrogens is 3. The Morgan fingerprint density at radius 1 is 0.256 bits per heavy atom. The van der Waals surface area contributed by atoms with Crippen LogP contribution in [0.25, 0.3) is 64.5 Å². The van der Waals surface area contributed by atoms with E-state index in [0.29, 0.717) is 0 Å². The zero-order chi connectivity index (χ0) is 89.7. The van der Waals surface area contributed by atoms with Crippen LogP contribution in [0.4, 0.5) is 5.69 Å². The topological polar surface area (TPSA) is 104 Å². The Balaban J connectivity index is 0.000000115. The highest BCUT2D eigenvalue weighted by atomic mass is 32.1. The second-order valence-corrected chi connectivity index (χ2v) is 34.7. The number of para-hydroxylation sites is 7. The maximum Gasteiger partial charge on any atom is 0.133 e. The van der Waals surface area contributed by atoms with E-state index in [9.17, 15) is 0 Å². The SMILES string of the molecule is C.c1cc2c(s1)CCC2.c1cc2c3c(ccnc3c1)CCO2.c1ccc2[nH]ccc2c1.c1ccc2c(c1)CCC2.c1ccc2c(c1)CCCC2.c1ccc2c(c1)CCCN2.c1ccc2c(c1)CCCO2.c1ccc2c(c1)CCCO2.c1ccc2c(c1)CCO2.c1ccc2ccccc2c1.c1ccc2ncccc2c1.c1ccc2occc2c1.c1ccc2sccc2c1.c1ccccc1. The smallest absolute Gasteiger partial charge is 0.133 e. The van der Waals surface area contributed by atoms with E-state index in [4.69, 9.17) is 23.4 Å². The number of aryl methyl sites for hydroxylation is 9. The Hall–Kier alpha value is -14.1. The molecule has 28 rings (SSSR count). The molecular formula is C122H122N4O5S2. The third-order valence-electron chi connectivity index (χ3n) is 23.6. The Morgan fingerprint density at radius 3 is 1.29 bits per heavy atom. The van der Waals surface area contributed by atoms with Crippen LogP contribution >= 0.6 is 22.7 Å². The fourth-order valence-electron chi connectivity index (χ4n) is 16.7. The summed E-state index contributed by atoms with van der Waals surface area (Å²) in [4.78, 5) is 13.2. The number of benzene rings is 14. The average Bonchev–Trinajstić information content (AvgIpc) is 1.77. The van der Waals surface area contributed by atoms with Crippen molar-refractivity contribution in [3.05, 3.63) is 484 Å². The molecule has 0 fully saturated rings. The summed E-state index contributed by atoms with van der Waals surface area (Å²) < 4.78 is 28.2. The first-order chi connectivity index (χ1) is 65.5. The quantitative estimate of drug-likeness (QED) is 0.155. The number of furan rings is 1. The number of aromatic amines is 1.